The number of ether oxygens (including phenoxy) is 1. The Labute approximate surface area is 227 Å². The Hall–Kier alpha value is -3.76. The van der Waals surface area contributed by atoms with E-state index in [1.807, 2.05) is 51.2 Å². The zero-order chi connectivity index (χ0) is 27.5. The van der Waals surface area contributed by atoms with Crippen molar-refractivity contribution in [3.63, 3.8) is 0 Å². The van der Waals surface area contributed by atoms with Crippen LogP contribution in [-0.4, -0.2) is 51.4 Å². The molecule has 1 N–H and O–H groups in total. The molecule has 4 aromatic rings. The van der Waals surface area contributed by atoms with Gasteiger partial charge in [-0.25, -0.2) is 13.1 Å². The first-order valence-corrected chi connectivity index (χ1v) is 14.5. The van der Waals surface area contributed by atoms with Crippen molar-refractivity contribution in [2.24, 2.45) is 7.05 Å². The van der Waals surface area contributed by atoms with Gasteiger partial charge in [0.25, 0.3) is 0 Å². The van der Waals surface area contributed by atoms with E-state index < -0.39 is 21.9 Å². The number of hydrogen-bond acceptors (Lipinski definition) is 6. The lowest BCUT2D eigenvalue weighted by Gasteiger charge is -2.29. The molecule has 0 amide bonds. The second kappa shape index (κ2) is 9.46. The number of carboxylic acids is 1. The summed E-state index contributed by atoms with van der Waals surface area (Å²) < 4.78 is 37.0. The smallest absolute Gasteiger partial charge is 0.304 e. The second-order valence-corrected chi connectivity index (χ2v) is 12.3. The number of sulfonamides is 1. The molecule has 0 saturated carbocycles. The summed E-state index contributed by atoms with van der Waals surface area (Å²) in [6, 6.07) is 16.3. The lowest BCUT2D eigenvalue weighted by atomic mass is 9.84. The molecule has 1 aliphatic heterocycles. The van der Waals surface area contributed by atoms with Crippen LogP contribution in [0.3, 0.4) is 0 Å². The number of nitrogens with zero attached hydrogens (tertiary/aromatic N) is 4. The van der Waals surface area contributed by atoms with Gasteiger partial charge in [0.15, 0.2) is 0 Å². The maximum Gasteiger partial charge on any atom is 0.304 e. The third-order valence-electron chi connectivity index (χ3n) is 8.00. The molecule has 0 bridgehead atoms. The second-order valence-electron chi connectivity index (χ2n) is 10.5. The van der Waals surface area contributed by atoms with Gasteiger partial charge in [0.05, 0.1) is 24.5 Å². The zero-order valence-electron chi connectivity index (χ0n) is 22.0. The molecule has 1 aliphatic carbocycles. The molecule has 3 aromatic carbocycles. The molecule has 0 radical (unpaired) electrons. The van der Waals surface area contributed by atoms with Crippen LogP contribution in [0.4, 0.5) is 0 Å². The maximum absolute atomic E-state index is 13.9. The molecule has 202 valence electrons. The van der Waals surface area contributed by atoms with Crippen LogP contribution in [-0.2, 0) is 28.3 Å². The molecule has 1 aromatic heterocycles. The standard InChI is InChI=1S/C29H30N4O5S/c1-17-16-33(39(36,37)27-7-5-4-6-26(27)38-17)24-12-10-19-8-9-20(14-23(19)24)22(15-28(34)35)21-11-13-25-29(18(21)2)30-31-32(25)3/h4-9,11,13-14,17,22,24H,10,12,15-16H2,1-3H3,(H,34,35). The van der Waals surface area contributed by atoms with Gasteiger partial charge in [0.1, 0.15) is 22.3 Å². The van der Waals surface area contributed by atoms with Gasteiger partial charge in [-0.2, -0.15) is 4.31 Å². The minimum absolute atomic E-state index is 0.101. The summed E-state index contributed by atoms with van der Waals surface area (Å²) in [5.41, 5.74) is 6.23. The van der Waals surface area contributed by atoms with E-state index in [-0.39, 0.29) is 30.0 Å². The fourth-order valence-corrected chi connectivity index (χ4v) is 7.94. The van der Waals surface area contributed by atoms with Crippen molar-refractivity contribution in [3.8, 4) is 5.75 Å². The number of aliphatic carboxylic acids is 1. The zero-order valence-corrected chi connectivity index (χ0v) is 22.9. The van der Waals surface area contributed by atoms with Gasteiger partial charge in [-0.05, 0) is 72.7 Å². The number of aromatic nitrogens is 3. The van der Waals surface area contributed by atoms with Crippen LogP contribution in [0.5, 0.6) is 5.75 Å². The molecule has 0 spiro atoms. The van der Waals surface area contributed by atoms with Crippen LogP contribution in [0.25, 0.3) is 11.0 Å². The highest BCUT2D eigenvalue weighted by Gasteiger charge is 2.41. The summed E-state index contributed by atoms with van der Waals surface area (Å²) >= 11 is 0. The van der Waals surface area contributed by atoms with E-state index in [0.29, 0.717) is 12.2 Å². The van der Waals surface area contributed by atoms with Gasteiger partial charge in [-0.1, -0.05) is 41.6 Å². The van der Waals surface area contributed by atoms with Crippen LogP contribution in [0.1, 0.15) is 59.5 Å². The Morgan fingerprint density at radius 1 is 1.18 bits per heavy atom. The third-order valence-corrected chi connectivity index (χ3v) is 9.91. The number of carboxylic acid groups (broad SMARTS) is 1. The summed E-state index contributed by atoms with van der Waals surface area (Å²) in [5, 5.41) is 18.3. The van der Waals surface area contributed by atoms with Crippen molar-refractivity contribution in [2.45, 2.75) is 56.1 Å². The lowest BCUT2D eigenvalue weighted by Crippen LogP contribution is -2.38. The fraction of sp³-hybridized carbons (Fsp3) is 0.345. The van der Waals surface area contributed by atoms with E-state index in [9.17, 15) is 18.3 Å². The molecule has 39 heavy (non-hydrogen) atoms. The molecule has 2 aliphatic rings. The normalized spacial score (nSPS) is 21.1. The summed E-state index contributed by atoms with van der Waals surface area (Å²) in [4.78, 5) is 12.2. The summed E-state index contributed by atoms with van der Waals surface area (Å²) in [6.45, 7) is 4.05. The molecule has 2 heterocycles. The molecular weight excluding hydrogens is 516 g/mol. The number of fused-ring (bicyclic) bond motifs is 3. The molecule has 10 heteroatoms. The van der Waals surface area contributed by atoms with Gasteiger partial charge < -0.3 is 9.84 Å². The molecule has 6 rings (SSSR count). The van der Waals surface area contributed by atoms with Crippen LogP contribution >= 0.6 is 0 Å². The molecular formula is C29H30N4O5S. The minimum Gasteiger partial charge on any atom is -0.488 e. The Morgan fingerprint density at radius 2 is 1.97 bits per heavy atom. The Kier molecular flexibility index (Phi) is 6.19. The molecule has 0 fully saturated rings. The highest BCUT2D eigenvalue weighted by molar-refractivity contribution is 7.89. The van der Waals surface area contributed by atoms with E-state index in [1.54, 1.807) is 33.3 Å². The van der Waals surface area contributed by atoms with Gasteiger partial charge in [-0.3, -0.25) is 4.79 Å². The summed E-state index contributed by atoms with van der Waals surface area (Å²) in [7, 11) is -1.99. The number of benzene rings is 3. The van der Waals surface area contributed by atoms with Gasteiger partial charge >= 0.3 is 5.97 Å². The van der Waals surface area contributed by atoms with Crippen molar-refractivity contribution >= 4 is 27.0 Å². The third kappa shape index (κ3) is 4.28. The van der Waals surface area contributed by atoms with E-state index in [4.69, 9.17) is 4.74 Å². The highest BCUT2D eigenvalue weighted by Crippen LogP contribution is 2.44. The average Bonchev–Trinajstić information content (AvgIpc) is 3.47. The van der Waals surface area contributed by atoms with E-state index >= 15 is 0 Å². The van der Waals surface area contributed by atoms with Gasteiger partial charge in [0, 0.05) is 13.0 Å². The monoisotopic (exact) mass is 546 g/mol. The predicted octanol–water partition coefficient (Wildman–Crippen LogP) is 4.34. The molecule has 0 saturated heterocycles. The van der Waals surface area contributed by atoms with Crippen molar-refractivity contribution < 1.29 is 23.1 Å². The first-order valence-electron chi connectivity index (χ1n) is 13.1. The fourth-order valence-electron chi connectivity index (χ4n) is 6.11. The first kappa shape index (κ1) is 25.5. The molecule has 3 unspecified atom stereocenters. The molecule has 9 nitrogen and oxygen atoms in total. The van der Waals surface area contributed by atoms with Crippen LogP contribution in [0.15, 0.2) is 59.5 Å². The van der Waals surface area contributed by atoms with Gasteiger partial charge in [0.2, 0.25) is 10.0 Å². The highest BCUT2D eigenvalue weighted by atomic mass is 32.2. The first-order chi connectivity index (χ1) is 18.6. The van der Waals surface area contributed by atoms with Crippen molar-refractivity contribution in [1.29, 1.82) is 0 Å². The quantitative estimate of drug-likeness (QED) is 0.396. The van der Waals surface area contributed by atoms with E-state index in [0.717, 1.165) is 45.3 Å². The van der Waals surface area contributed by atoms with Crippen molar-refractivity contribution in [2.75, 3.05) is 6.54 Å². The number of para-hydroxylation sites is 1. The van der Waals surface area contributed by atoms with Crippen molar-refractivity contribution in [3.05, 3.63) is 82.4 Å². The van der Waals surface area contributed by atoms with Crippen LogP contribution in [0, 0.1) is 6.92 Å². The number of carbonyl (C=O) groups is 1. The SMILES string of the molecule is Cc1c(C(CC(=O)O)c2ccc3c(c2)C(N2CC(C)Oc4ccccc4S2(=O)=O)CC3)ccc2c1nnn2C. The average molecular weight is 547 g/mol. The summed E-state index contributed by atoms with van der Waals surface area (Å²) in [6.07, 6.45) is 0.978. The summed E-state index contributed by atoms with van der Waals surface area (Å²) in [5.74, 6) is -0.964. The van der Waals surface area contributed by atoms with Crippen LogP contribution in [0.2, 0.25) is 0 Å². The minimum atomic E-state index is -3.81. The Bertz CT molecular complexity index is 1710. The van der Waals surface area contributed by atoms with Crippen molar-refractivity contribution in [1.82, 2.24) is 19.3 Å². The van der Waals surface area contributed by atoms with Gasteiger partial charge in [-0.15, -0.1) is 5.10 Å². The number of rotatable bonds is 5. The largest absolute Gasteiger partial charge is 0.488 e. The van der Waals surface area contributed by atoms with E-state index in [2.05, 4.69) is 10.3 Å². The topological polar surface area (TPSA) is 115 Å². The number of aryl methyl sites for hydroxylation is 3. The van der Waals surface area contributed by atoms with E-state index in [1.165, 1.54) is 0 Å². The molecule has 3 atom stereocenters. The van der Waals surface area contributed by atoms with Crippen LogP contribution < -0.4 is 4.74 Å². The maximum atomic E-state index is 13.9. The number of hydrogen-bond donors (Lipinski definition) is 1. The Balaban J connectivity index is 1.44. The Morgan fingerprint density at radius 3 is 2.77 bits per heavy atom. The lowest BCUT2D eigenvalue weighted by molar-refractivity contribution is -0.137. The predicted molar refractivity (Wildman–Crippen MR) is 145 cm³/mol.